The Bertz CT molecular complexity index is 162. The molecule has 1 aliphatic heterocycles. The molecule has 1 rings (SSSR count). The molecule has 2 N–H and O–H groups in total. The van der Waals surface area contributed by atoms with Gasteiger partial charge in [-0.25, -0.2) is 0 Å². The third-order valence-corrected chi connectivity index (χ3v) is 4.75. The molecule has 0 aromatic heterocycles. The second-order valence-corrected chi connectivity index (χ2v) is 6.47. The second-order valence-electron chi connectivity index (χ2n) is 4.17. The molecular formula is C10H22N2OS2. The number of rotatable bonds is 5. The molecule has 1 fully saturated rings. The standard InChI is InChI=1S/C10H22N2OS2/c1-12(2)6-10(13)5-11-9-7-14-3-4-15-8-9/h9-11,13H,3-8H2,1-2H3/t10-/m1/s1. The normalized spacial score (nSPS) is 21.6. The summed E-state index contributed by atoms with van der Waals surface area (Å²) in [4.78, 5) is 2.02. The molecule has 0 bridgehead atoms. The largest absolute Gasteiger partial charge is 0.390 e. The van der Waals surface area contributed by atoms with Crippen LogP contribution in [0.4, 0.5) is 0 Å². The SMILES string of the molecule is CN(C)C[C@H](O)CNC1CSCCSC1. The summed E-state index contributed by atoms with van der Waals surface area (Å²) in [5.74, 6) is 4.90. The van der Waals surface area contributed by atoms with Crippen molar-refractivity contribution in [2.45, 2.75) is 12.1 Å². The molecule has 0 spiro atoms. The number of aliphatic hydroxyl groups excluding tert-OH is 1. The molecule has 0 aromatic carbocycles. The van der Waals surface area contributed by atoms with Crippen molar-refractivity contribution in [1.82, 2.24) is 10.2 Å². The first-order chi connectivity index (χ1) is 7.18. The van der Waals surface area contributed by atoms with Crippen LogP contribution in [0.3, 0.4) is 0 Å². The molecule has 0 aliphatic carbocycles. The Morgan fingerprint density at radius 2 is 1.93 bits per heavy atom. The lowest BCUT2D eigenvalue weighted by atomic mass is 10.3. The van der Waals surface area contributed by atoms with Gasteiger partial charge in [0.15, 0.2) is 0 Å². The highest BCUT2D eigenvalue weighted by Gasteiger charge is 2.14. The maximum atomic E-state index is 9.70. The van der Waals surface area contributed by atoms with E-state index in [2.05, 4.69) is 5.32 Å². The van der Waals surface area contributed by atoms with E-state index >= 15 is 0 Å². The summed E-state index contributed by atoms with van der Waals surface area (Å²) in [6.45, 7) is 1.45. The highest BCUT2D eigenvalue weighted by molar-refractivity contribution is 8.03. The zero-order valence-electron chi connectivity index (χ0n) is 9.61. The molecule has 0 aromatic rings. The fourth-order valence-electron chi connectivity index (χ4n) is 1.52. The highest BCUT2D eigenvalue weighted by atomic mass is 32.2. The van der Waals surface area contributed by atoms with Crippen LogP contribution in [-0.4, -0.2) is 72.3 Å². The third kappa shape index (κ3) is 6.68. The van der Waals surface area contributed by atoms with Crippen molar-refractivity contribution in [1.29, 1.82) is 0 Å². The quantitative estimate of drug-likeness (QED) is 0.736. The van der Waals surface area contributed by atoms with Gasteiger partial charge < -0.3 is 15.3 Å². The maximum absolute atomic E-state index is 9.70. The Kier molecular flexibility index (Phi) is 7.08. The van der Waals surface area contributed by atoms with Gasteiger partial charge in [0, 0.05) is 42.1 Å². The van der Waals surface area contributed by atoms with Crippen LogP contribution in [0.5, 0.6) is 0 Å². The maximum Gasteiger partial charge on any atom is 0.0791 e. The molecule has 15 heavy (non-hydrogen) atoms. The topological polar surface area (TPSA) is 35.5 Å². The molecule has 1 atom stereocenters. The summed E-state index contributed by atoms with van der Waals surface area (Å²) in [5.41, 5.74) is 0. The Balaban J connectivity index is 2.11. The summed E-state index contributed by atoms with van der Waals surface area (Å²) in [6.07, 6.45) is -0.252. The van der Waals surface area contributed by atoms with Gasteiger partial charge in [0.2, 0.25) is 0 Å². The minimum absolute atomic E-state index is 0.252. The number of hydrogen-bond acceptors (Lipinski definition) is 5. The van der Waals surface area contributed by atoms with Crippen LogP contribution in [0.1, 0.15) is 0 Å². The number of nitrogens with zero attached hydrogens (tertiary/aromatic N) is 1. The summed E-state index contributed by atoms with van der Waals surface area (Å²) in [5, 5.41) is 13.2. The number of nitrogens with one attached hydrogen (secondary N) is 1. The van der Waals surface area contributed by atoms with Gasteiger partial charge in [-0.2, -0.15) is 23.5 Å². The molecule has 1 heterocycles. The van der Waals surface area contributed by atoms with Crippen LogP contribution in [0.25, 0.3) is 0 Å². The monoisotopic (exact) mass is 250 g/mol. The summed E-state index contributed by atoms with van der Waals surface area (Å²) in [7, 11) is 3.97. The fourth-order valence-corrected chi connectivity index (χ4v) is 3.99. The molecular weight excluding hydrogens is 228 g/mol. The summed E-state index contributed by atoms with van der Waals surface area (Å²) in [6, 6.07) is 0.569. The lowest BCUT2D eigenvalue weighted by Gasteiger charge is -2.20. The molecule has 0 unspecified atom stereocenters. The molecule has 1 aliphatic rings. The van der Waals surface area contributed by atoms with Gasteiger partial charge in [-0.3, -0.25) is 0 Å². The van der Waals surface area contributed by atoms with E-state index in [1.807, 2.05) is 42.5 Å². The molecule has 0 amide bonds. The Labute approximate surface area is 101 Å². The van der Waals surface area contributed by atoms with Crippen molar-refractivity contribution >= 4 is 23.5 Å². The van der Waals surface area contributed by atoms with E-state index in [-0.39, 0.29) is 6.10 Å². The van der Waals surface area contributed by atoms with E-state index in [1.54, 1.807) is 0 Å². The van der Waals surface area contributed by atoms with Crippen LogP contribution in [0, 0.1) is 0 Å². The summed E-state index contributed by atoms with van der Waals surface area (Å²) < 4.78 is 0. The van der Waals surface area contributed by atoms with Gasteiger partial charge in [0.05, 0.1) is 6.10 Å². The number of thioether (sulfide) groups is 2. The van der Waals surface area contributed by atoms with E-state index in [1.165, 1.54) is 23.0 Å². The first-order valence-corrected chi connectivity index (χ1v) is 7.71. The second kappa shape index (κ2) is 7.79. The number of likely N-dealkylation sites (N-methyl/N-ethyl adjacent to an activating group) is 1. The predicted molar refractivity (Wildman–Crippen MR) is 71.0 cm³/mol. The van der Waals surface area contributed by atoms with E-state index < -0.39 is 0 Å². The van der Waals surface area contributed by atoms with Crippen LogP contribution in [-0.2, 0) is 0 Å². The van der Waals surface area contributed by atoms with Crippen LogP contribution >= 0.6 is 23.5 Å². The molecule has 0 saturated carbocycles. The number of aliphatic hydroxyl groups is 1. The smallest absolute Gasteiger partial charge is 0.0791 e. The van der Waals surface area contributed by atoms with Crippen molar-refractivity contribution in [3.63, 3.8) is 0 Å². The first-order valence-electron chi connectivity index (χ1n) is 5.40. The third-order valence-electron chi connectivity index (χ3n) is 2.23. The van der Waals surface area contributed by atoms with Crippen LogP contribution in [0.15, 0.2) is 0 Å². The predicted octanol–water partition coefficient (Wildman–Crippen LogP) is 0.347. The van der Waals surface area contributed by atoms with E-state index in [4.69, 9.17) is 0 Å². The van der Waals surface area contributed by atoms with Gasteiger partial charge in [0.1, 0.15) is 0 Å². The zero-order valence-corrected chi connectivity index (χ0v) is 11.2. The molecule has 0 radical (unpaired) electrons. The Hall–Kier alpha value is 0.580. The van der Waals surface area contributed by atoms with Gasteiger partial charge >= 0.3 is 0 Å². The highest BCUT2D eigenvalue weighted by Crippen LogP contribution is 2.16. The lowest BCUT2D eigenvalue weighted by Crippen LogP contribution is -2.41. The van der Waals surface area contributed by atoms with Crippen molar-refractivity contribution in [2.75, 3.05) is 50.2 Å². The van der Waals surface area contributed by atoms with Gasteiger partial charge in [0.25, 0.3) is 0 Å². The Morgan fingerprint density at radius 3 is 2.47 bits per heavy atom. The van der Waals surface area contributed by atoms with Gasteiger partial charge in [-0.15, -0.1) is 0 Å². The average Bonchev–Trinajstić information content (AvgIpc) is 2.41. The average molecular weight is 250 g/mol. The van der Waals surface area contributed by atoms with Crippen molar-refractivity contribution in [2.24, 2.45) is 0 Å². The van der Waals surface area contributed by atoms with E-state index in [9.17, 15) is 5.11 Å². The van der Waals surface area contributed by atoms with Crippen LogP contribution in [0.2, 0.25) is 0 Å². The lowest BCUT2D eigenvalue weighted by molar-refractivity contribution is 0.133. The fraction of sp³-hybridized carbons (Fsp3) is 1.00. The van der Waals surface area contributed by atoms with Crippen LogP contribution < -0.4 is 5.32 Å². The Morgan fingerprint density at radius 1 is 1.33 bits per heavy atom. The molecule has 90 valence electrons. The number of hydrogen-bond donors (Lipinski definition) is 2. The minimum atomic E-state index is -0.252. The molecule has 3 nitrogen and oxygen atoms in total. The zero-order chi connectivity index (χ0) is 11.1. The van der Waals surface area contributed by atoms with E-state index in [0.717, 1.165) is 6.54 Å². The van der Waals surface area contributed by atoms with Crippen molar-refractivity contribution < 1.29 is 5.11 Å². The minimum Gasteiger partial charge on any atom is -0.390 e. The molecule has 1 saturated heterocycles. The summed E-state index contributed by atoms with van der Waals surface area (Å²) >= 11 is 4.03. The van der Waals surface area contributed by atoms with Crippen molar-refractivity contribution in [3.05, 3.63) is 0 Å². The van der Waals surface area contributed by atoms with Crippen molar-refractivity contribution in [3.8, 4) is 0 Å². The first kappa shape index (κ1) is 13.6. The molecule has 5 heteroatoms. The van der Waals surface area contributed by atoms with Gasteiger partial charge in [-0.05, 0) is 14.1 Å². The van der Waals surface area contributed by atoms with E-state index in [0.29, 0.717) is 12.6 Å². The van der Waals surface area contributed by atoms with Gasteiger partial charge in [-0.1, -0.05) is 0 Å².